The summed E-state index contributed by atoms with van der Waals surface area (Å²) in [7, 11) is 1.50. The third-order valence-corrected chi connectivity index (χ3v) is 6.02. The predicted molar refractivity (Wildman–Crippen MR) is 127 cm³/mol. The van der Waals surface area contributed by atoms with E-state index in [9.17, 15) is 9.59 Å². The van der Waals surface area contributed by atoms with Gasteiger partial charge < -0.3 is 19.2 Å². The number of carbonyl (C=O) groups is 2. The van der Waals surface area contributed by atoms with Gasteiger partial charge in [-0.05, 0) is 36.8 Å². The first-order valence-corrected chi connectivity index (χ1v) is 11.2. The molecule has 0 saturated heterocycles. The Kier molecular flexibility index (Phi) is 6.48. The molecule has 0 aliphatic carbocycles. The second-order valence-corrected chi connectivity index (χ2v) is 8.22. The summed E-state index contributed by atoms with van der Waals surface area (Å²) in [5.41, 5.74) is 1.68. The maximum atomic E-state index is 13.1. The number of para-hydroxylation sites is 1. The smallest absolute Gasteiger partial charge is 0.341 e. The van der Waals surface area contributed by atoms with E-state index in [-0.39, 0.29) is 23.3 Å². The van der Waals surface area contributed by atoms with Crippen LogP contribution in [-0.4, -0.2) is 25.6 Å². The molecule has 1 amide bonds. The van der Waals surface area contributed by atoms with Crippen molar-refractivity contribution in [2.75, 3.05) is 19.0 Å². The van der Waals surface area contributed by atoms with Crippen molar-refractivity contribution in [1.29, 1.82) is 5.41 Å². The van der Waals surface area contributed by atoms with Crippen molar-refractivity contribution in [1.82, 2.24) is 0 Å². The quantitative estimate of drug-likeness (QED) is 0.341. The third kappa shape index (κ3) is 4.48. The SMILES string of the molecule is CCOC(=O)c1c(-c2ccc(Cl)cc2)csc1NC(=O)c1cc2cccc(OC)c2oc1=N. The van der Waals surface area contributed by atoms with Crippen molar-refractivity contribution < 1.29 is 23.5 Å². The third-order valence-electron chi connectivity index (χ3n) is 4.88. The number of fused-ring (bicyclic) bond motifs is 1. The molecule has 4 aromatic rings. The molecule has 2 aromatic heterocycles. The van der Waals surface area contributed by atoms with Crippen LogP contribution in [-0.2, 0) is 4.74 Å². The van der Waals surface area contributed by atoms with E-state index in [0.29, 0.717) is 32.3 Å². The van der Waals surface area contributed by atoms with Crippen LogP contribution in [0, 0.1) is 5.41 Å². The van der Waals surface area contributed by atoms with Crippen LogP contribution in [0.3, 0.4) is 0 Å². The summed E-state index contributed by atoms with van der Waals surface area (Å²) in [5.74, 6) is -0.676. The Morgan fingerprint density at radius 1 is 1.18 bits per heavy atom. The van der Waals surface area contributed by atoms with Gasteiger partial charge >= 0.3 is 5.97 Å². The molecule has 0 spiro atoms. The number of rotatable bonds is 6. The van der Waals surface area contributed by atoms with Crippen molar-refractivity contribution in [3.05, 3.63) is 75.6 Å². The number of nitrogens with one attached hydrogen (secondary N) is 2. The van der Waals surface area contributed by atoms with E-state index in [2.05, 4.69) is 5.32 Å². The van der Waals surface area contributed by atoms with E-state index < -0.39 is 11.9 Å². The van der Waals surface area contributed by atoms with Crippen LogP contribution in [0.1, 0.15) is 27.6 Å². The first-order chi connectivity index (χ1) is 15.9. The largest absolute Gasteiger partial charge is 0.493 e. The van der Waals surface area contributed by atoms with E-state index in [1.54, 1.807) is 60.8 Å². The number of halogens is 1. The summed E-state index contributed by atoms with van der Waals surface area (Å²) >= 11 is 7.18. The number of ether oxygens (including phenoxy) is 2. The van der Waals surface area contributed by atoms with Gasteiger partial charge in [-0.3, -0.25) is 10.2 Å². The normalized spacial score (nSPS) is 10.8. The Labute approximate surface area is 198 Å². The van der Waals surface area contributed by atoms with E-state index >= 15 is 0 Å². The van der Waals surface area contributed by atoms with Gasteiger partial charge in [0.1, 0.15) is 16.1 Å². The van der Waals surface area contributed by atoms with Crippen molar-refractivity contribution in [3.8, 4) is 16.9 Å². The first-order valence-electron chi connectivity index (χ1n) is 9.94. The lowest BCUT2D eigenvalue weighted by Gasteiger charge is -2.10. The van der Waals surface area contributed by atoms with Gasteiger partial charge in [0, 0.05) is 21.4 Å². The summed E-state index contributed by atoms with van der Waals surface area (Å²) in [5, 5.41) is 14.2. The second-order valence-electron chi connectivity index (χ2n) is 6.90. The molecule has 2 N–H and O–H groups in total. The van der Waals surface area contributed by atoms with Crippen LogP contribution in [0.5, 0.6) is 5.75 Å². The number of thiophene rings is 1. The van der Waals surface area contributed by atoms with Crippen LogP contribution >= 0.6 is 22.9 Å². The highest BCUT2D eigenvalue weighted by atomic mass is 35.5. The van der Waals surface area contributed by atoms with Crippen LogP contribution in [0.15, 0.2) is 58.3 Å². The maximum absolute atomic E-state index is 13.1. The van der Waals surface area contributed by atoms with E-state index in [4.69, 9.17) is 30.9 Å². The molecule has 0 radical (unpaired) electrons. The highest BCUT2D eigenvalue weighted by Crippen LogP contribution is 2.37. The van der Waals surface area contributed by atoms with Crippen molar-refractivity contribution >= 4 is 50.8 Å². The lowest BCUT2D eigenvalue weighted by atomic mass is 10.0. The molecular weight excluding hydrogens is 464 g/mol. The van der Waals surface area contributed by atoms with E-state index in [1.165, 1.54) is 18.4 Å². The number of esters is 1. The van der Waals surface area contributed by atoms with Gasteiger partial charge in [0.25, 0.3) is 5.91 Å². The Balaban J connectivity index is 1.74. The molecule has 168 valence electrons. The fourth-order valence-electron chi connectivity index (χ4n) is 3.33. The molecule has 0 fully saturated rings. The minimum Gasteiger partial charge on any atom is -0.493 e. The molecule has 0 aliphatic heterocycles. The zero-order chi connectivity index (χ0) is 23.5. The van der Waals surface area contributed by atoms with Gasteiger partial charge in [-0.1, -0.05) is 35.9 Å². The number of methoxy groups -OCH3 is 1. The molecule has 4 rings (SSSR count). The average Bonchev–Trinajstić information content (AvgIpc) is 3.22. The molecule has 0 saturated carbocycles. The van der Waals surface area contributed by atoms with E-state index in [1.807, 2.05) is 0 Å². The molecule has 9 heteroatoms. The standard InChI is InChI=1S/C24H19ClN2O5S/c1-3-31-24(29)19-17(13-7-9-15(25)10-8-13)12-33-23(19)27-22(28)16-11-14-5-4-6-18(30-2)20(14)32-21(16)26/h4-12,26H,3H2,1-2H3,(H,27,28). The van der Waals surface area contributed by atoms with Gasteiger partial charge in [-0.25, -0.2) is 4.79 Å². The summed E-state index contributed by atoms with van der Waals surface area (Å²) in [6, 6.07) is 13.8. The molecule has 0 bridgehead atoms. The lowest BCUT2D eigenvalue weighted by molar-refractivity contribution is 0.0529. The molecule has 2 aromatic carbocycles. The maximum Gasteiger partial charge on any atom is 0.341 e. The summed E-state index contributed by atoms with van der Waals surface area (Å²) < 4.78 is 16.0. The monoisotopic (exact) mass is 482 g/mol. The predicted octanol–water partition coefficient (Wildman–Crippen LogP) is 5.73. The number of hydrogen-bond donors (Lipinski definition) is 2. The Bertz CT molecular complexity index is 1410. The highest BCUT2D eigenvalue weighted by Gasteiger charge is 2.24. The molecular formula is C24H19ClN2O5S. The van der Waals surface area contributed by atoms with Gasteiger partial charge in [0.2, 0.25) is 5.55 Å². The fraction of sp³-hybridized carbons (Fsp3) is 0.125. The molecule has 7 nitrogen and oxygen atoms in total. The van der Waals surface area contributed by atoms with Crippen LogP contribution in [0.25, 0.3) is 22.1 Å². The average molecular weight is 483 g/mol. The molecule has 0 unspecified atom stereocenters. The number of amides is 1. The van der Waals surface area contributed by atoms with Crippen molar-refractivity contribution in [2.45, 2.75) is 6.92 Å². The minimum absolute atomic E-state index is 0.0204. The molecule has 0 atom stereocenters. The van der Waals surface area contributed by atoms with Crippen LogP contribution < -0.4 is 15.6 Å². The van der Waals surface area contributed by atoms with E-state index in [0.717, 1.165) is 5.56 Å². The summed E-state index contributed by atoms with van der Waals surface area (Å²) in [6.45, 7) is 1.89. The topological polar surface area (TPSA) is 102 Å². The van der Waals surface area contributed by atoms with Gasteiger partial charge in [0.05, 0.1) is 13.7 Å². The number of carbonyl (C=O) groups excluding carboxylic acids is 2. The lowest BCUT2D eigenvalue weighted by Crippen LogP contribution is -2.21. The van der Waals surface area contributed by atoms with Crippen LogP contribution in [0.4, 0.5) is 5.00 Å². The van der Waals surface area contributed by atoms with Crippen LogP contribution in [0.2, 0.25) is 5.02 Å². The number of anilines is 1. The van der Waals surface area contributed by atoms with Gasteiger partial charge in [-0.2, -0.15) is 0 Å². The zero-order valence-corrected chi connectivity index (χ0v) is 19.3. The fourth-order valence-corrected chi connectivity index (χ4v) is 4.41. The number of hydrogen-bond acceptors (Lipinski definition) is 7. The zero-order valence-electron chi connectivity index (χ0n) is 17.7. The highest BCUT2D eigenvalue weighted by molar-refractivity contribution is 7.15. The van der Waals surface area contributed by atoms with Gasteiger partial charge in [-0.15, -0.1) is 11.3 Å². The molecule has 0 aliphatic rings. The minimum atomic E-state index is -0.580. The van der Waals surface area contributed by atoms with Crippen molar-refractivity contribution in [3.63, 3.8) is 0 Å². The Hall–Kier alpha value is -3.62. The first kappa shape index (κ1) is 22.6. The Morgan fingerprint density at radius 3 is 2.64 bits per heavy atom. The summed E-state index contributed by atoms with van der Waals surface area (Å²) in [4.78, 5) is 25.8. The molecule has 33 heavy (non-hydrogen) atoms. The Morgan fingerprint density at radius 2 is 1.94 bits per heavy atom. The second kappa shape index (κ2) is 9.48. The number of benzene rings is 2. The molecule has 2 heterocycles. The summed E-state index contributed by atoms with van der Waals surface area (Å²) in [6.07, 6.45) is 0. The van der Waals surface area contributed by atoms with Gasteiger partial charge in [0.15, 0.2) is 11.3 Å². The van der Waals surface area contributed by atoms with Crippen molar-refractivity contribution in [2.24, 2.45) is 0 Å².